The van der Waals surface area contributed by atoms with E-state index in [1.54, 1.807) is 0 Å². The summed E-state index contributed by atoms with van der Waals surface area (Å²) >= 11 is 0. The monoisotopic (exact) mass is 172 g/mol. The van der Waals surface area contributed by atoms with Crippen molar-refractivity contribution in [2.75, 3.05) is 34.7 Å². The molecule has 0 aliphatic rings. The van der Waals surface area contributed by atoms with Crippen molar-refractivity contribution in [3.8, 4) is 0 Å². The van der Waals surface area contributed by atoms with Crippen LogP contribution in [0.15, 0.2) is 4.99 Å². The number of unbranched alkanes of at least 4 members (excludes halogenated alkanes) is 1. The Labute approximate surface area is 76.3 Å². The molecule has 0 aromatic rings. The van der Waals surface area contributed by atoms with E-state index in [-0.39, 0.29) is 0 Å². The number of hydrogen-bond acceptors (Lipinski definition) is 2. The van der Waals surface area contributed by atoms with Gasteiger partial charge in [-0.2, -0.15) is 5.01 Å². The molecule has 0 saturated carbocycles. The Balaban J connectivity index is 3.80. The summed E-state index contributed by atoms with van der Waals surface area (Å²) in [7, 11) is 8.31. The molecule has 3 heteroatoms. The van der Waals surface area contributed by atoms with Crippen LogP contribution in [0.4, 0.5) is 0 Å². The van der Waals surface area contributed by atoms with Gasteiger partial charge >= 0.3 is 0 Å². The van der Waals surface area contributed by atoms with Crippen molar-refractivity contribution in [3.63, 3.8) is 0 Å². The van der Waals surface area contributed by atoms with Crippen LogP contribution in [0.25, 0.3) is 0 Å². The molecule has 0 rings (SSSR count). The molecule has 0 aromatic heterocycles. The zero-order chi connectivity index (χ0) is 9.61. The lowest BCUT2D eigenvalue weighted by molar-refractivity contribution is -0.912. The van der Waals surface area contributed by atoms with Crippen LogP contribution in [0.2, 0.25) is 0 Å². The van der Waals surface area contributed by atoms with Gasteiger partial charge < -0.3 is 0 Å². The third-order valence-electron chi connectivity index (χ3n) is 2.04. The molecule has 3 nitrogen and oxygen atoms in total. The summed E-state index contributed by atoms with van der Waals surface area (Å²) in [6, 6.07) is 0. The fourth-order valence-electron chi connectivity index (χ4n) is 0.610. The third kappa shape index (κ3) is 4.46. The Hall–Kier alpha value is -0.410. The van der Waals surface area contributed by atoms with Crippen LogP contribution in [0.3, 0.4) is 0 Å². The SMILES string of the molecule is CCCCN=C[N+](C)(C)N(C)C. The molecular formula is C9H22N3+. The molecule has 0 aliphatic heterocycles. The van der Waals surface area contributed by atoms with Crippen molar-refractivity contribution in [2.45, 2.75) is 19.8 Å². The number of aliphatic imine (C=N–C) groups is 1. The molecule has 0 unspecified atom stereocenters. The summed E-state index contributed by atoms with van der Waals surface area (Å²) in [5.74, 6) is 0. The van der Waals surface area contributed by atoms with E-state index in [4.69, 9.17) is 0 Å². The van der Waals surface area contributed by atoms with Crippen LogP contribution in [0, 0.1) is 0 Å². The number of rotatable bonds is 5. The zero-order valence-electron chi connectivity index (χ0n) is 9.04. The van der Waals surface area contributed by atoms with E-state index in [1.165, 1.54) is 12.8 Å². The van der Waals surface area contributed by atoms with E-state index < -0.39 is 0 Å². The second kappa shape index (κ2) is 5.27. The highest BCUT2D eigenvalue weighted by Gasteiger charge is 2.14. The Bertz CT molecular complexity index is 139. The van der Waals surface area contributed by atoms with Crippen molar-refractivity contribution in [1.29, 1.82) is 0 Å². The van der Waals surface area contributed by atoms with Crippen LogP contribution in [0.1, 0.15) is 19.8 Å². The van der Waals surface area contributed by atoms with Crippen molar-refractivity contribution >= 4 is 6.34 Å². The van der Waals surface area contributed by atoms with E-state index in [9.17, 15) is 0 Å². The molecule has 0 aliphatic carbocycles. The van der Waals surface area contributed by atoms with Crippen molar-refractivity contribution in [1.82, 2.24) is 5.01 Å². The highest BCUT2D eigenvalue weighted by atomic mass is 15.7. The first-order chi connectivity index (χ1) is 5.50. The normalized spacial score (nSPS) is 13.2. The van der Waals surface area contributed by atoms with Crippen molar-refractivity contribution < 1.29 is 4.59 Å². The topological polar surface area (TPSA) is 15.6 Å². The van der Waals surface area contributed by atoms with E-state index in [2.05, 4.69) is 31.0 Å². The fraction of sp³-hybridized carbons (Fsp3) is 0.889. The number of hydrogen-bond donors (Lipinski definition) is 0. The first-order valence-electron chi connectivity index (χ1n) is 4.53. The van der Waals surface area contributed by atoms with Gasteiger partial charge in [-0.1, -0.05) is 13.3 Å². The molecule has 0 amide bonds. The van der Waals surface area contributed by atoms with Crippen molar-refractivity contribution in [3.05, 3.63) is 0 Å². The number of nitrogens with zero attached hydrogens (tertiary/aromatic N) is 3. The highest BCUT2D eigenvalue weighted by molar-refractivity contribution is 5.45. The van der Waals surface area contributed by atoms with Gasteiger partial charge in [0.05, 0.1) is 14.1 Å². The fourth-order valence-corrected chi connectivity index (χ4v) is 0.610. The Morgan fingerprint density at radius 1 is 1.33 bits per heavy atom. The first-order valence-corrected chi connectivity index (χ1v) is 4.53. The molecule has 0 radical (unpaired) electrons. The Kier molecular flexibility index (Phi) is 5.09. The van der Waals surface area contributed by atoms with Crippen LogP contribution in [-0.2, 0) is 0 Å². The average Bonchev–Trinajstić information content (AvgIpc) is 1.98. The molecule has 72 valence electrons. The average molecular weight is 172 g/mol. The molecule has 0 heterocycles. The second-order valence-electron chi connectivity index (χ2n) is 3.70. The van der Waals surface area contributed by atoms with E-state index in [0.717, 1.165) is 6.54 Å². The number of quaternary nitrogens is 1. The third-order valence-corrected chi connectivity index (χ3v) is 2.04. The zero-order valence-corrected chi connectivity index (χ0v) is 9.04. The maximum atomic E-state index is 4.36. The van der Waals surface area contributed by atoms with Gasteiger partial charge in [0.2, 0.25) is 6.34 Å². The smallest absolute Gasteiger partial charge is 0.204 e. The van der Waals surface area contributed by atoms with Crippen molar-refractivity contribution in [2.24, 2.45) is 4.99 Å². The Morgan fingerprint density at radius 3 is 2.33 bits per heavy atom. The van der Waals surface area contributed by atoms with Gasteiger partial charge in [0.1, 0.15) is 0 Å². The van der Waals surface area contributed by atoms with E-state index in [1.807, 2.05) is 20.4 Å². The van der Waals surface area contributed by atoms with Gasteiger partial charge in [-0.05, 0) is 6.42 Å². The molecule has 0 bridgehead atoms. The molecule has 0 aromatic carbocycles. The van der Waals surface area contributed by atoms with Crippen LogP contribution in [0.5, 0.6) is 0 Å². The molecule has 0 saturated heterocycles. The first kappa shape index (κ1) is 11.6. The lowest BCUT2D eigenvalue weighted by atomic mass is 10.3. The predicted molar refractivity (Wildman–Crippen MR) is 54.1 cm³/mol. The summed E-state index contributed by atoms with van der Waals surface area (Å²) in [6.45, 7) is 3.13. The molecule has 0 spiro atoms. The van der Waals surface area contributed by atoms with Crippen LogP contribution < -0.4 is 0 Å². The maximum Gasteiger partial charge on any atom is 0.204 e. The Morgan fingerprint density at radius 2 is 1.92 bits per heavy atom. The van der Waals surface area contributed by atoms with Gasteiger partial charge in [0.15, 0.2) is 0 Å². The molecule has 12 heavy (non-hydrogen) atoms. The highest BCUT2D eigenvalue weighted by Crippen LogP contribution is 1.95. The van der Waals surface area contributed by atoms with E-state index in [0.29, 0.717) is 4.59 Å². The van der Waals surface area contributed by atoms with Crippen LogP contribution in [-0.4, -0.2) is 50.7 Å². The summed E-state index contributed by atoms with van der Waals surface area (Å²) in [5.41, 5.74) is 0. The van der Waals surface area contributed by atoms with Gasteiger partial charge in [-0.3, -0.25) is 0 Å². The summed E-state index contributed by atoms with van der Waals surface area (Å²) in [5, 5.41) is 2.11. The molecule has 0 fully saturated rings. The van der Waals surface area contributed by atoms with Gasteiger partial charge in [0.25, 0.3) is 0 Å². The minimum atomic E-state index is 0.712. The lowest BCUT2D eigenvalue weighted by Crippen LogP contribution is -2.49. The molecule has 0 N–H and O–H groups in total. The van der Waals surface area contributed by atoms with Crippen LogP contribution >= 0.6 is 0 Å². The van der Waals surface area contributed by atoms with Gasteiger partial charge in [0, 0.05) is 20.6 Å². The maximum absolute atomic E-state index is 4.36. The van der Waals surface area contributed by atoms with E-state index >= 15 is 0 Å². The lowest BCUT2D eigenvalue weighted by Gasteiger charge is -2.29. The summed E-state index contributed by atoms with van der Waals surface area (Å²) in [4.78, 5) is 4.36. The minimum Gasteiger partial charge on any atom is -0.240 e. The quantitative estimate of drug-likeness (QED) is 0.201. The minimum absolute atomic E-state index is 0.712. The largest absolute Gasteiger partial charge is 0.240 e. The predicted octanol–water partition coefficient (Wildman–Crippen LogP) is 1.37. The summed E-state index contributed by atoms with van der Waals surface area (Å²) in [6.07, 6.45) is 4.38. The molecular weight excluding hydrogens is 150 g/mol. The van der Waals surface area contributed by atoms with Gasteiger partial charge in [-0.25, -0.2) is 9.58 Å². The molecule has 0 atom stereocenters. The van der Waals surface area contributed by atoms with Gasteiger partial charge in [-0.15, -0.1) is 0 Å². The summed E-state index contributed by atoms with van der Waals surface area (Å²) < 4.78 is 0.712. The standard InChI is InChI=1S/C9H22N3/c1-6-7-8-10-9-12(4,5)11(2)3/h9H,6-8H2,1-5H3/q+1. The second-order valence-corrected chi connectivity index (χ2v) is 3.70.